The zero-order chi connectivity index (χ0) is 13.1. The highest BCUT2D eigenvalue weighted by Crippen LogP contribution is 2.29. The summed E-state index contributed by atoms with van der Waals surface area (Å²) in [5.74, 6) is -0.356. The van der Waals surface area contributed by atoms with Crippen LogP contribution in [0.1, 0.15) is 35.7 Å². The number of carbonyl (C=O) groups excluding carboxylic acids is 1. The molecule has 0 saturated carbocycles. The number of hydrogen-bond donors (Lipinski definition) is 1. The summed E-state index contributed by atoms with van der Waals surface area (Å²) < 4.78 is 37.3. The van der Waals surface area contributed by atoms with Crippen molar-refractivity contribution in [2.75, 3.05) is 0 Å². The zero-order valence-corrected chi connectivity index (χ0v) is 9.42. The Balaban J connectivity index is 2.89. The van der Waals surface area contributed by atoms with Crippen LogP contribution in [-0.2, 0) is 6.18 Å². The summed E-state index contributed by atoms with van der Waals surface area (Å²) >= 11 is 0. The first kappa shape index (κ1) is 13.7. The molecular formula is C12H14F3NO. The summed E-state index contributed by atoms with van der Waals surface area (Å²) in [6.45, 7) is 1.82. The average Bonchev–Trinajstić information content (AvgIpc) is 2.28. The van der Waals surface area contributed by atoms with Gasteiger partial charge in [-0.3, -0.25) is 4.79 Å². The summed E-state index contributed by atoms with van der Waals surface area (Å²) in [7, 11) is 0. The van der Waals surface area contributed by atoms with Gasteiger partial charge < -0.3 is 5.73 Å². The van der Waals surface area contributed by atoms with Crippen molar-refractivity contribution in [3.8, 4) is 0 Å². The molecule has 1 aromatic rings. The first-order valence-electron chi connectivity index (χ1n) is 5.30. The van der Waals surface area contributed by atoms with Crippen LogP contribution in [0.3, 0.4) is 0 Å². The minimum absolute atomic E-state index is 0.0590. The van der Waals surface area contributed by atoms with Crippen molar-refractivity contribution in [3.63, 3.8) is 0 Å². The van der Waals surface area contributed by atoms with Crippen LogP contribution < -0.4 is 5.73 Å². The molecule has 0 aromatic heterocycles. The van der Waals surface area contributed by atoms with Gasteiger partial charge in [-0.25, -0.2) is 0 Å². The van der Waals surface area contributed by atoms with Gasteiger partial charge in [-0.05, 0) is 18.6 Å². The van der Waals surface area contributed by atoms with Gasteiger partial charge in [0.15, 0.2) is 5.78 Å². The summed E-state index contributed by atoms with van der Waals surface area (Å²) in [5, 5.41) is 0. The Kier molecular flexibility index (Phi) is 4.28. The topological polar surface area (TPSA) is 43.1 Å². The maximum atomic E-state index is 12.4. The van der Waals surface area contributed by atoms with E-state index in [1.165, 1.54) is 12.1 Å². The van der Waals surface area contributed by atoms with Crippen LogP contribution >= 0.6 is 0 Å². The van der Waals surface area contributed by atoms with Gasteiger partial charge in [0, 0.05) is 18.0 Å². The first-order chi connectivity index (χ1) is 7.84. The second-order valence-electron chi connectivity index (χ2n) is 3.87. The van der Waals surface area contributed by atoms with Gasteiger partial charge >= 0.3 is 6.18 Å². The third kappa shape index (κ3) is 3.85. The van der Waals surface area contributed by atoms with E-state index >= 15 is 0 Å². The lowest BCUT2D eigenvalue weighted by Crippen LogP contribution is -2.22. The second-order valence-corrected chi connectivity index (χ2v) is 3.87. The number of carbonyl (C=O) groups is 1. The van der Waals surface area contributed by atoms with Crippen LogP contribution in [0.4, 0.5) is 13.2 Å². The smallest absolute Gasteiger partial charge is 0.327 e. The summed E-state index contributed by atoms with van der Waals surface area (Å²) in [6, 6.07) is 4.10. The van der Waals surface area contributed by atoms with Crippen molar-refractivity contribution < 1.29 is 18.0 Å². The number of ketones is 1. The predicted molar refractivity (Wildman–Crippen MR) is 58.7 cm³/mol. The molecule has 0 aliphatic heterocycles. The molecule has 0 spiro atoms. The summed E-state index contributed by atoms with van der Waals surface area (Å²) in [4.78, 5) is 11.6. The van der Waals surface area contributed by atoms with Crippen LogP contribution in [0, 0.1) is 0 Å². The van der Waals surface area contributed by atoms with Gasteiger partial charge in [0.1, 0.15) is 0 Å². The zero-order valence-electron chi connectivity index (χ0n) is 9.42. The Labute approximate surface area is 97.6 Å². The van der Waals surface area contributed by atoms with Crippen molar-refractivity contribution in [2.24, 2.45) is 5.73 Å². The number of alkyl halides is 3. The fourth-order valence-electron chi connectivity index (χ4n) is 1.37. The minimum Gasteiger partial charge on any atom is -0.327 e. The molecule has 0 aliphatic rings. The van der Waals surface area contributed by atoms with E-state index in [9.17, 15) is 18.0 Å². The largest absolute Gasteiger partial charge is 0.416 e. The molecule has 0 amide bonds. The molecule has 17 heavy (non-hydrogen) atoms. The number of hydrogen-bond acceptors (Lipinski definition) is 2. The van der Waals surface area contributed by atoms with Crippen molar-refractivity contribution in [1.29, 1.82) is 0 Å². The first-order valence-corrected chi connectivity index (χ1v) is 5.30. The second kappa shape index (κ2) is 5.31. The van der Waals surface area contributed by atoms with E-state index in [1.807, 2.05) is 6.92 Å². The summed E-state index contributed by atoms with van der Waals surface area (Å²) in [6.07, 6.45) is -3.74. The lowest BCUT2D eigenvalue weighted by molar-refractivity contribution is -0.137. The number of nitrogens with two attached hydrogens (primary N) is 1. The van der Waals surface area contributed by atoms with Crippen molar-refractivity contribution in [1.82, 2.24) is 0 Å². The average molecular weight is 245 g/mol. The standard InChI is InChI=1S/C12H14F3NO/c1-2-10(16)7-11(17)8-4-3-5-9(6-8)12(13,14)15/h3-6,10H,2,7,16H2,1H3. The SMILES string of the molecule is CCC(N)CC(=O)c1cccc(C(F)(F)F)c1. The number of benzene rings is 1. The Bertz CT molecular complexity index is 401. The highest BCUT2D eigenvalue weighted by molar-refractivity contribution is 5.96. The third-order valence-corrected chi connectivity index (χ3v) is 2.48. The van der Waals surface area contributed by atoms with E-state index in [0.29, 0.717) is 6.42 Å². The Morgan fingerprint density at radius 3 is 2.59 bits per heavy atom. The van der Waals surface area contributed by atoms with Crippen LogP contribution in [-0.4, -0.2) is 11.8 Å². The molecule has 0 radical (unpaired) electrons. The van der Waals surface area contributed by atoms with Gasteiger partial charge in [-0.15, -0.1) is 0 Å². The molecule has 0 fully saturated rings. The van der Waals surface area contributed by atoms with E-state index < -0.39 is 11.7 Å². The van der Waals surface area contributed by atoms with Gasteiger partial charge in [0.05, 0.1) is 5.56 Å². The quantitative estimate of drug-likeness (QED) is 0.828. The fourth-order valence-corrected chi connectivity index (χ4v) is 1.37. The maximum absolute atomic E-state index is 12.4. The summed E-state index contributed by atoms with van der Waals surface area (Å²) in [5.41, 5.74) is 4.84. The number of halogens is 3. The van der Waals surface area contributed by atoms with Crippen molar-refractivity contribution in [3.05, 3.63) is 35.4 Å². The molecule has 5 heteroatoms. The van der Waals surface area contributed by atoms with Gasteiger partial charge in [-0.2, -0.15) is 13.2 Å². The van der Waals surface area contributed by atoms with Gasteiger partial charge in [-0.1, -0.05) is 19.1 Å². The lowest BCUT2D eigenvalue weighted by Gasteiger charge is -2.10. The molecule has 0 bridgehead atoms. The van der Waals surface area contributed by atoms with Crippen LogP contribution in [0.15, 0.2) is 24.3 Å². The highest BCUT2D eigenvalue weighted by atomic mass is 19.4. The highest BCUT2D eigenvalue weighted by Gasteiger charge is 2.30. The number of rotatable bonds is 4. The molecule has 2 nitrogen and oxygen atoms in total. The van der Waals surface area contributed by atoms with E-state index in [1.54, 1.807) is 0 Å². The molecule has 0 saturated heterocycles. The normalized spacial score (nSPS) is 13.5. The third-order valence-electron chi connectivity index (χ3n) is 2.48. The lowest BCUT2D eigenvalue weighted by atomic mass is 10.0. The van der Waals surface area contributed by atoms with Crippen LogP contribution in [0.25, 0.3) is 0 Å². The van der Waals surface area contributed by atoms with Crippen molar-refractivity contribution in [2.45, 2.75) is 32.0 Å². The Morgan fingerprint density at radius 1 is 1.41 bits per heavy atom. The van der Waals surface area contributed by atoms with E-state index in [4.69, 9.17) is 5.73 Å². The molecule has 1 atom stereocenters. The van der Waals surface area contributed by atoms with E-state index in [-0.39, 0.29) is 23.8 Å². The molecular weight excluding hydrogens is 231 g/mol. The molecule has 94 valence electrons. The molecule has 1 unspecified atom stereocenters. The Hall–Kier alpha value is -1.36. The monoisotopic (exact) mass is 245 g/mol. The molecule has 1 aromatic carbocycles. The van der Waals surface area contributed by atoms with Crippen LogP contribution in [0.5, 0.6) is 0 Å². The van der Waals surface area contributed by atoms with Gasteiger partial charge in [0.25, 0.3) is 0 Å². The fraction of sp³-hybridized carbons (Fsp3) is 0.417. The van der Waals surface area contributed by atoms with E-state index in [0.717, 1.165) is 12.1 Å². The number of Topliss-reactive ketones (excluding diaryl/α,β-unsaturated/α-hetero) is 1. The molecule has 2 N–H and O–H groups in total. The molecule has 0 heterocycles. The maximum Gasteiger partial charge on any atom is 0.416 e. The molecule has 1 rings (SSSR count). The predicted octanol–water partition coefficient (Wildman–Crippen LogP) is 3.02. The Morgan fingerprint density at radius 2 is 2.06 bits per heavy atom. The van der Waals surface area contributed by atoms with Gasteiger partial charge in [0.2, 0.25) is 0 Å². The van der Waals surface area contributed by atoms with Crippen LogP contribution in [0.2, 0.25) is 0 Å². The van der Waals surface area contributed by atoms with Crippen molar-refractivity contribution >= 4 is 5.78 Å². The molecule has 0 aliphatic carbocycles. The minimum atomic E-state index is -4.43. The van der Waals surface area contributed by atoms with E-state index in [2.05, 4.69) is 0 Å².